The van der Waals surface area contributed by atoms with Crippen molar-refractivity contribution in [3.05, 3.63) is 0 Å². The molecule has 0 aromatic rings. The Morgan fingerprint density at radius 1 is 1.21 bits per heavy atom. The number of rotatable bonds is 7. The molecule has 0 aromatic heterocycles. The molecule has 1 aliphatic heterocycles. The molecule has 1 heterocycles. The number of methoxy groups -OCH3 is 1. The number of esters is 1. The molecule has 0 N–H and O–H groups in total. The van der Waals surface area contributed by atoms with Gasteiger partial charge >= 0.3 is 13.1 Å². The minimum Gasteiger partial charge on any atom is -0.460 e. The topological polar surface area (TPSA) is 54.0 Å². The normalized spacial score (nSPS) is 35.7. The van der Waals surface area contributed by atoms with Crippen molar-refractivity contribution in [3.63, 3.8) is 0 Å². The minimum absolute atomic E-state index is 0.136. The predicted octanol–water partition coefficient (Wildman–Crippen LogP) is 4.63. The molecule has 3 saturated carbocycles. The van der Waals surface area contributed by atoms with Crippen LogP contribution in [0.2, 0.25) is 5.82 Å². The van der Waals surface area contributed by atoms with E-state index in [0.717, 1.165) is 25.2 Å². The number of carbonyl (C=O) groups excluding carboxylic acids is 1. The van der Waals surface area contributed by atoms with Gasteiger partial charge in [-0.25, -0.2) is 0 Å². The van der Waals surface area contributed by atoms with Crippen LogP contribution >= 0.6 is 0 Å². The first kappa shape index (κ1) is 22.1. The molecule has 5 nitrogen and oxygen atoms in total. The molecular formula is C22H39BO5. The van der Waals surface area contributed by atoms with Crippen molar-refractivity contribution < 1.29 is 23.6 Å². The summed E-state index contributed by atoms with van der Waals surface area (Å²) in [6.45, 7) is 14.9. The molecule has 3 aliphatic carbocycles. The molecule has 2 bridgehead atoms. The summed E-state index contributed by atoms with van der Waals surface area (Å²) in [4.78, 5) is 12.1. The zero-order valence-corrected chi connectivity index (χ0v) is 19.0. The second-order valence-electron chi connectivity index (χ2n) is 11.0. The van der Waals surface area contributed by atoms with E-state index in [0.29, 0.717) is 11.3 Å². The second-order valence-corrected chi connectivity index (χ2v) is 11.0. The lowest BCUT2D eigenvalue weighted by Gasteiger charge is -2.64. The van der Waals surface area contributed by atoms with Crippen LogP contribution in [0, 0.1) is 17.3 Å². The van der Waals surface area contributed by atoms with Crippen LogP contribution < -0.4 is 0 Å². The lowest BCUT2D eigenvalue weighted by molar-refractivity contribution is -0.199. The van der Waals surface area contributed by atoms with E-state index < -0.39 is 5.60 Å². The number of ether oxygens (including phenoxy) is 2. The van der Waals surface area contributed by atoms with Crippen molar-refractivity contribution in [2.45, 2.75) is 110 Å². The molecule has 0 amide bonds. The zero-order valence-electron chi connectivity index (χ0n) is 19.0. The van der Waals surface area contributed by atoms with E-state index in [1.807, 2.05) is 20.8 Å². The van der Waals surface area contributed by atoms with Gasteiger partial charge < -0.3 is 18.8 Å². The Hall–Kier alpha value is -0.585. The maximum Gasteiger partial charge on any atom is 0.460 e. The predicted molar refractivity (Wildman–Crippen MR) is 110 cm³/mol. The highest BCUT2D eigenvalue weighted by atomic mass is 16.7. The fourth-order valence-corrected chi connectivity index (χ4v) is 5.60. The van der Waals surface area contributed by atoms with Crippen molar-refractivity contribution in [2.24, 2.45) is 17.3 Å². The van der Waals surface area contributed by atoms with Crippen molar-refractivity contribution in [2.75, 3.05) is 7.11 Å². The third-order valence-corrected chi connectivity index (χ3v) is 7.53. The van der Waals surface area contributed by atoms with E-state index in [2.05, 4.69) is 27.7 Å². The van der Waals surface area contributed by atoms with E-state index in [4.69, 9.17) is 18.8 Å². The van der Waals surface area contributed by atoms with Crippen LogP contribution in [-0.4, -0.2) is 43.6 Å². The fourth-order valence-electron chi connectivity index (χ4n) is 5.60. The molecule has 4 aliphatic rings. The molecule has 4 rings (SSSR count). The van der Waals surface area contributed by atoms with Gasteiger partial charge in [0.15, 0.2) is 0 Å². The Kier molecular flexibility index (Phi) is 5.99. The van der Waals surface area contributed by atoms with Gasteiger partial charge in [0.2, 0.25) is 0 Å². The quantitative estimate of drug-likeness (QED) is 0.465. The second kappa shape index (κ2) is 7.59. The largest absolute Gasteiger partial charge is 0.460 e. The van der Waals surface area contributed by atoms with Gasteiger partial charge in [-0.3, -0.25) is 4.79 Å². The van der Waals surface area contributed by atoms with E-state index in [-0.39, 0.29) is 43.1 Å². The lowest BCUT2D eigenvalue weighted by Crippen LogP contribution is -2.65. The van der Waals surface area contributed by atoms with Crippen LogP contribution in [-0.2, 0) is 23.6 Å². The minimum atomic E-state index is -0.464. The van der Waals surface area contributed by atoms with Crippen LogP contribution in [0.1, 0.15) is 80.6 Å². The molecule has 28 heavy (non-hydrogen) atoms. The molecule has 6 atom stereocenters. The Morgan fingerprint density at radius 2 is 1.89 bits per heavy atom. The molecule has 1 saturated heterocycles. The first-order chi connectivity index (χ1) is 12.9. The van der Waals surface area contributed by atoms with Crippen LogP contribution in [0.3, 0.4) is 0 Å². The monoisotopic (exact) mass is 394 g/mol. The summed E-state index contributed by atoms with van der Waals surface area (Å²) in [5.74, 6) is 1.40. The lowest BCUT2D eigenvalue weighted by atomic mass is 9.43. The van der Waals surface area contributed by atoms with Gasteiger partial charge in [0, 0.05) is 7.11 Å². The van der Waals surface area contributed by atoms with Crippen molar-refractivity contribution in [1.29, 1.82) is 0 Å². The Balaban J connectivity index is 1.50. The Labute approximate surface area is 171 Å². The molecule has 0 unspecified atom stereocenters. The van der Waals surface area contributed by atoms with Crippen LogP contribution in [0.25, 0.3) is 0 Å². The molecular weight excluding hydrogens is 355 g/mol. The van der Waals surface area contributed by atoms with E-state index in [1.165, 1.54) is 6.42 Å². The maximum absolute atomic E-state index is 12.1. The maximum atomic E-state index is 12.1. The van der Waals surface area contributed by atoms with Gasteiger partial charge in [0.25, 0.3) is 0 Å². The highest BCUT2D eigenvalue weighted by Crippen LogP contribution is 2.66. The summed E-state index contributed by atoms with van der Waals surface area (Å²) in [6, 6.07) is 0. The van der Waals surface area contributed by atoms with Crippen molar-refractivity contribution in [1.82, 2.24) is 0 Å². The summed E-state index contributed by atoms with van der Waals surface area (Å²) in [6.07, 6.45) is 4.44. The van der Waals surface area contributed by atoms with Gasteiger partial charge in [0.1, 0.15) is 5.60 Å². The average Bonchev–Trinajstić information content (AvgIpc) is 2.93. The standard InChI is InChI=1S/C22H39BO5/c1-14(9-10-16(25-8)13-19(24)26-20(2,3)4)23-27-18-12-15-11-17(21(15,5)6)22(18,7)28-23/h14-18H,9-13H2,1-8H3/t14-,15+,16+,17+,18-,22+/m1/s1. The van der Waals surface area contributed by atoms with Crippen LogP contribution in [0.5, 0.6) is 0 Å². The highest BCUT2D eigenvalue weighted by Gasteiger charge is 2.68. The molecule has 160 valence electrons. The fraction of sp³-hybridized carbons (Fsp3) is 0.955. The van der Waals surface area contributed by atoms with E-state index in [9.17, 15) is 4.79 Å². The third-order valence-electron chi connectivity index (χ3n) is 7.53. The number of hydrogen-bond donors (Lipinski definition) is 0. The first-order valence-corrected chi connectivity index (χ1v) is 10.9. The van der Waals surface area contributed by atoms with E-state index in [1.54, 1.807) is 7.11 Å². The van der Waals surface area contributed by atoms with Gasteiger partial charge in [0.05, 0.1) is 24.2 Å². The summed E-state index contributed by atoms with van der Waals surface area (Å²) in [5, 5.41) is 0. The van der Waals surface area contributed by atoms with Gasteiger partial charge in [-0.2, -0.15) is 0 Å². The highest BCUT2D eigenvalue weighted by molar-refractivity contribution is 6.47. The summed E-state index contributed by atoms with van der Waals surface area (Å²) in [7, 11) is 1.50. The van der Waals surface area contributed by atoms with Gasteiger partial charge in [-0.05, 0) is 76.4 Å². The molecule has 4 fully saturated rings. The summed E-state index contributed by atoms with van der Waals surface area (Å²) < 4.78 is 23.9. The van der Waals surface area contributed by atoms with Crippen LogP contribution in [0.15, 0.2) is 0 Å². The Morgan fingerprint density at radius 3 is 2.46 bits per heavy atom. The SMILES string of the molecule is CO[C@@H](CC[C@@H](C)B1O[C@@H]2C[C@@H]3C[C@@H](C3(C)C)[C@]2(C)O1)CC(=O)OC(C)(C)C. The first-order valence-electron chi connectivity index (χ1n) is 10.9. The molecule has 6 heteroatoms. The average molecular weight is 394 g/mol. The van der Waals surface area contributed by atoms with Gasteiger partial charge in [-0.15, -0.1) is 0 Å². The molecule has 0 spiro atoms. The molecule has 0 aromatic carbocycles. The summed E-state index contributed by atoms with van der Waals surface area (Å²) in [5.41, 5.74) is -0.260. The molecule has 0 radical (unpaired) electrons. The summed E-state index contributed by atoms with van der Waals surface area (Å²) >= 11 is 0. The van der Waals surface area contributed by atoms with Crippen molar-refractivity contribution >= 4 is 13.1 Å². The third kappa shape index (κ3) is 4.15. The zero-order chi connectivity index (χ0) is 20.9. The van der Waals surface area contributed by atoms with Gasteiger partial charge in [-0.1, -0.05) is 20.8 Å². The van der Waals surface area contributed by atoms with Crippen LogP contribution in [0.4, 0.5) is 0 Å². The van der Waals surface area contributed by atoms with Crippen molar-refractivity contribution in [3.8, 4) is 0 Å². The van der Waals surface area contributed by atoms with E-state index >= 15 is 0 Å². The smallest absolute Gasteiger partial charge is 0.460 e. The number of hydrogen-bond acceptors (Lipinski definition) is 5. The number of carbonyl (C=O) groups is 1. The Bertz CT molecular complexity index is 586.